The Labute approximate surface area is 149 Å². The van der Waals surface area contributed by atoms with Crippen molar-refractivity contribution in [1.29, 1.82) is 0 Å². The molecular weight excluding hydrogens is 391 g/mol. The van der Waals surface area contributed by atoms with Crippen LogP contribution < -0.4 is 16.0 Å². The molecular formula is C16H25IN4O. The first-order chi connectivity index (χ1) is 10.2. The van der Waals surface area contributed by atoms with Gasteiger partial charge in [-0.05, 0) is 32.3 Å². The quantitative estimate of drug-likeness (QED) is 0.377. The van der Waals surface area contributed by atoms with Gasteiger partial charge in [-0.15, -0.1) is 24.0 Å². The van der Waals surface area contributed by atoms with Crippen molar-refractivity contribution in [2.24, 2.45) is 4.99 Å². The normalized spacial score (nSPS) is 14.0. The Morgan fingerprint density at radius 1 is 1.32 bits per heavy atom. The Morgan fingerprint density at radius 2 is 2.09 bits per heavy atom. The molecule has 5 nitrogen and oxygen atoms in total. The van der Waals surface area contributed by atoms with Gasteiger partial charge in [0, 0.05) is 12.6 Å². The van der Waals surface area contributed by atoms with Gasteiger partial charge >= 0.3 is 0 Å². The third-order valence-electron chi connectivity index (χ3n) is 3.21. The lowest BCUT2D eigenvalue weighted by Gasteiger charge is -2.11. The Morgan fingerprint density at radius 3 is 2.73 bits per heavy atom. The van der Waals surface area contributed by atoms with Gasteiger partial charge in [-0.2, -0.15) is 0 Å². The Hall–Kier alpha value is -1.31. The van der Waals surface area contributed by atoms with Crippen LogP contribution in [0.5, 0.6) is 0 Å². The van der Waals surface area contributed by atoms with E-state index in [9.17, 15) is 4.79 Å². The van der Waals surface area contributed by atoms with Crippen LogP contribution in [0.1, 0.15) is 30.9 Å². The molecule has 6 heteroatoms. The number of benzene rings is 1. The molecule has 0 aromatic heterocycles. The molecule has 122 valence electrons. The molecule has 0 heterocycles. The van der Waals surface area contributed by atoms with E-state index in [1.807, 2.05) is 13.0 Å². The first-order valence-corrected chi connectivity index (χ1v) is 7.54. The van der Waals surface area contributed by atoms with Crippen molar-refractivity contribution in [2.45, 2.75) is 39.3 Å². The van der Waals surface area contributed by atoms with E-state index in [-0.39, 0.29) is 36.4 Å². The Balaban J connectivity index is 0.00000242. The van der Waals surface area contributed by atoms with Crippen LogP contribution in [0.25, 0.3) is 0 Å². The summed E-state index contributed by atoms with van der Waals surface area (Å²) in [6.45, 7) is 5.70. The maximum absolute atomic E-state index is 11.7. The first-order valence-electron chi connectivity index (χ1n) is 7.54. The number of guanidine groups is 1. The number of nitrogens with one attached hydrogen (secondary N) is 3. The van der Waals surface area contributed by atoms with E-state index >= 15 is 0 Å². The molecule has 0 spiro atoms. The van der Waals surface area contributed by atoms with Crippen molar-refractivity contribution < 1.29 is 4.79 Å². The van der Waals surface area contributed by atoms with Crippen molar-refractivity contribution in [3.63, 3.8) is 0 Å². The summed E-state index contributed by atoms with van der Waals surface area (Å²) in [6, 6.07) is 8.67. The van der Waals surface area contributed by atoms with Crippen molar-refractivity contribution in [2.75, 3.05) is 13.1 Å². The summed E-state index contributed by atoms with van der Waals surface area (Å²) in [7, 11) is 0. The third kappa shape index (κ3) is 7.11. The second kappa shape index (κ2) is 9.66. The summed E-state index contributed by atoms with van der Waals surface area (Å²) in [5.41, 5.74) is 2.39. The van der Waals surface area contributed by atoms with Gasteiger partial charge in [0.2, 0.25) is 5.91 Å². The summed E-state index contributed by atoms with van der Waals surface area (Å²) in [4.78, 5) is 16.2. The number of halogens is 1. The van der Waals surface area contributed by atoms with Gasteiger partial charge in [0.05, 0.1) is 13.1 Å². The van der Waals surface area contributed by atoms with Gasteiger partial charge in [0.15, 0.2) is 5.96 Å². The Bertz CT molecular complexity index is 515. The smallest absolute Gasteiger partial charge is 0.239 e. The van der Waals surface area contributed by atoms with Crippen LogP contribution in [-0.2, 0) is 11.3 Å². The summed E-state index contributed by atoms with van der Waals surface area (Å²) in [5, 5.41) is 9.16. The zero-order valence-corrected chi connectivity index (χ0v) is 15.5. The fraction of sp³-hybridized carbons (Fsp3) is 0.500. The summed E-state index contributed by atoms with van der Waals surface area (Å²) < 4.78 is 0. The molecule has 0 unspecified atom stereocenters. The van der Waals surface area contributed by atoms with Crippen molar-refractivity contribution in [3.8, 4) is 0 Å². The van der Waals surface area contributed by atoms with Gasteiger partial charge in [0.25, 0.3) is 0 Å². The highest BCUT2D eigenvalue weighted by atomic mass is 127. The van der Waals surface area contributed by atoms with Crippen LogP contribution in [-0.4, -0.2) is 31.0 Å². The molecule has 1 aromatic rings. The van der Waals surface area contributed by atoms with Crippen LogP contribution in [0.3, 0.4) is 0 Å². The topological polar surface area (TPSA) is 65.5 Å². The highest BCUT2D eigenvalue weighted by Gasteiger charge is 2.22. The molecule has 1 aliphatic carbocycles. The monoisotopic (exact) mass is 416 g/mol. The molecule has 1 aliphatic rings. The highest BCUT2D eigenvalue weighted by molar-refractivity contribution is 14.0. The van der Waals surface area contributed by atoms with Crippen LogP contribution in [0, 0.1) is 6.92 Å². The van der Waals surface area contributed by atoms with E-state index in [0.29, 0.717) is 18.5 Å². The van der Waals surface area contributed by atoms with E-state index in [0.717, 1.165) is 24.9 Å². The van der Waals surface area contributed by atoms with Crippen molar-refractivity contribution in [1.82, 2.24) is 16.0 Å². The molecule has 0 atom stereocenters. The number of aryl methyl sites for hydroxylation is 1. The fourth-order valence-electron chi connectivity index (χ4n) is 1.99. The maximum atomic E-state index is 11.7. The van der Waals surface area contributed by atoms with Gasteiger partial charge in [-0.25, -0.2) is 4.99 Å². The number of amides is 1. The van der Waals surface area contributed by atoms with Crippen molar-refractivity contribution >= 4 is 35.8 Å². The van der Waals surface area contributed by atoms with Crippen molar-refractivity contribution in [3.05, 3.63) is 35.4 Å². The zero-order valence-electron chi connectivity index (χ0n) is 13.2. The third-order valence-corrected chi connectivity index (χ3v) is 3.21. The average molecular weight is 416 g/mol. The standard InChI is InChI=1S/C16H24N4O.HI/c1-3-17-16(19-11-15(21)20-14-7-8-14)18-10-13-6-4-5-12(2)9-13;/h4-6,9,14H,3,7-8,10-11H2,1-2H3,(H,20,21)(H2,17,18,19);1H. The summed E-state index contributed by atoms with van der Waals surface area (Å²) in [6.07, 6.45) is 2.21. The molecule has 22 heavy (non-hydrogen) atoms. The fourth-order valence-corrected chi connectivity index (χ4v) is 1.99. The minimum Gasteiger partial charge on any atom is -0.357 e. The molecule has 1 fully saturated rings. The molecule has 1 saturated carbocycles. The van der Waals surface area contributed by atoms with Gasteiger partial charge in [-0.1, -0.05) is 29.8 Å². The van der Waals surface area contributed by atoms with E-state index in [4.69, 9.17) is 0 Å². The lowest BCUT2D eigenvalue weighted by Crippen LogP contribution is -2.43. The number of nitrogens with zero attached hydrogens (tertiary/aromatic N) is 1. The second-order valence-corrected chi connectivity index (χ2v) is 5.38. The molecule has 0 bridgehead atoms. The zero-order chi connectivity index (χ0) is 15.1. The largest absolute Gasteiger partial charge is 0.357 e. The molecule has 0 radical (unpaired) electrons. The van der Waals surface area contributed by atoms with E-state index in [1.165, 1.54) is 5.56 Å². The van der Waals surface area contributed by atoms with Crippen LogP contribution in [0.15, 0.2) is 29.3 Å². The predicted molar refractivity (Wildman–Crippen MR) is 101 cm³/mol. The van der Waals surface area contributed by atoms with E-state index < -0.39 is 0 Å². The molecule has 0 saturated heterocycles. The highest BCUT2D eigenvalue weighted by Crippen LogP contribution is 2.18. The first kappa shape index (κ1) is 18.7. The number of carbonyl (C=O) groups is 1. The molecule has 2 rings (SSSR count). The lowest BCUT2D eigenvalue weighted by molar-refractivity contribution is -0.120. The number of hydrogen-bond acceptors (Lipinski definition) is 2. The maximum Gasteiger partial charge on any atom is 0.239 e. The minimum atomic E-state index is 0. The SMILES string of the molecule is CCNC(=NCc1cccc(C)c1)NCC(=O)NC1CC1.I. The summed E-state index contributed by atoms with van der Waals surface area (Å²) >= 11 is 0. The Kier molecular flexibility index (Phi) is 8.22. The molecule has 0 aliphatic heterocycles. The number of hydrogen-bond donors (Lipinski definition) is 3. The molecule has 1 aromatic carbocycles. The number of carbonyl (C=O) groups excluding carboxylic acids is 1. The van der Waals surface area contributed by atoms with E-state index in [2.05, 4.69) is 46.1 Å². The van der Waals surface area contributed by atoms with Crippen LogP contribution in [0.4, 0.5) is 0 Å². The molecule has 3 N–H and O–H groups in total. The second-order valence-electron chi connectivity index (χ2n) is 5.38. The van der Waals surface area contributed by atoms with Gasteiger partial charge in [0.1, 0.15) is 0 Å². The van der Waals surface area contributed by atoms with Crippen LogP contribution >= 0.6 is 24.0 Å². The lowest BCUT2D eigenvalue weighted by atomic mass is 10.1. The van der Waals surface area contributed by atoms with E-state index in [1.54, 1.807) is 0 Å². The van der Waals surface area contributed by atoms with Gasteiger partial charge in [-0.3, -0.25) is 4.79 Å². The summed E-state index contributed by atoms with van der Waals surface area (Å²) in [5.74, 6) is 0.698. The van der Waals surface area contributed by atoms with Crippen LogP contribution in [0.2, 0.25) is 0 Å². The molecule has 1 amide bonds. The average Bonchev–Trinajstić information content (AvgIpc) is 3.26. The predicted octanol–water partition coefficient (Wildman–Crippen LogP) is 1.95. The number of rotatable bonds is 6. The number of aliphatic imine (C=N–C) groups is 1. The minimum absolute atomic E-state index is 0. The van der Waals surface area contributed by atoms with Gasteiger partial charge < -0.3 is 16.0 Å².